The Labute approximate surface area is 150 Å². The fourth-order valence-electron chi connectivity index (χ4n) is 3.34. The van der Waals surface area contributed by atoms with E-state index < -0.39 is 6.10 Å². The van der Waals surface area contributed by atoms with Crippen LogP contribution in [0, 0.1) is 11.3 Å². The maximum atomic E-state index is 10.6. The van der Waals surface area contributed by atoms with Gasteiger partial charge in [0.1, 0.15) is 18.0 Å². The summed E-state index contributed by atoms with van der Waals surface area (Å²) in [6.07, 6.45) is 3.43. The molecule has 4 heterocycles. The summed E-state index contributed by atoms with van der Waals surface area (Å²) >= 11 is 0. The van der Waals surface area contributed by atoms with Crippen molar-refractivity contribution in [1.29, 1.82) is 5.26 Å². The number of pyridine rings is 1. The molecule has 3 aromatic heterocycles. The largest absolute Gasteiger partial charge is 0.380 e. The van der Waals surface area contributed by atoms with Gasteiger partial charge in [0, 0.05) is 32.5 Å². The van der Waals surface area contributed by atoms with Crippen molar-refractivity contribution in [3.63, 3.8) is 0 Å². The van der Waals surface area contributed by atoms with E-state index in [1.165, 1.54) is 0 Å². The first kappa shape index (κ1) is 16.3. The van der Waals surface area contributed by atoms with E-state index in [1.807, 2.05) is 10.7 Å². The summed E-state index contributed by atoms with van der Waals surface area (Å²) in [4.78, 5) is 6.49. The highest BCUT2D eigenvalue weighted by molar-refractivity contribution is 5.53. The summed E-state index contributed by atoms with van der Waals surface area (Å²) in [5, 5.41) is 28.7. The molecule has 0 fully saturated rings. The first-order valence-electron chi connectivity index (χ1n) is 8.50. The predicted octanol–water partition coefficient (Wildman–Crippen LogP) is 1.38. The van der Waals surface area contributed by atoms with Gasteiger partial charge in [0.05, 0.1) is 29.2 Å². The maximum Gasteiger partial charge on any atom is 0.146 e. The number of anilines is 1. The first-order valence-corrected chi connectivity index (χ1v) is 8.50. The molecule has 8 nitrogen and oxygen atoms in total. The van der Waals surface area contributed by atoms with Gasteiger partial charge in [-0.1, -0.05) is 0 Å². The van der Waals surface area contributed by atoms with Gasteiger partial charge in [-0.05, 0) is 30.7 Å². The van der Waals surface area contributed by atoms with Crippen LogP contribution in [0.1, 0.15) is 35.2 Å². The summed E-state index contributed by atoms with van der Waals surface area (Å²) in [7, 11) is 1.80. The lowest BCUT2D eigenvalue weighted by Gasteiger charge is -2.21. The van der Waals surface area contributed by atoms with Gasteiger partial charge in [0.15, 0.2) is 0 Å². The van der Waals surface area contributed by atoms with Crippen molar-refractivity contribution in [2.75, 3.05) is 11.4 Å². The zero-order valence-electron chi connectivity index (χ0n) is 14.4. The summed E-state index contributed by atoms with van der Waals surface area (Å²) < 4.78 is 3.58. The Bertz CT molecular complexity index is 968. The van der Waals surface area contributed by atoms with Gasteiger partial charge in [-0.15, -0.1) is 0 Å². The lowest BCUT2D eigenvalue weighted by Crippen LogP contribution is -2.24. The molecule has 132 valence electrons. The Morgan fingerprint density at radius 2 is 2.15 bits per heavy atom. The molecule has 0 amide bonds. The van der Waals surface area contributed by atoms with E-state index >= 15 is 0 Å². The molecule has 0 aliphatic carbocycles. The number of fused-ring (bicyclic) bond motifs is 1. The van der Waals surface area contributed by atoms with Crippen LogP contribution in [0.3, 0.4) is 0 Å². The summed E-state index contributed by atoms with van der Waals surface area (Å²) in [6, 6.07) is 9.47. The minimum atomic E-state index is -0.820. The monoisotopic (exact) mass is 349 g/mol. The fourth-order valence-corrected chi connectivity index (χ4v) is 3.34. The van der Waals surface area contributed by atoms with Crippen LogP contribution in [0.15, 0.2) is 36.7 Å². The number of aliphatic hydroxyl groups is 1. The number of rotatable bonds is 3. The summed E-state index contributed by atoms with van der Waals surface area (Å²) in [5.41, 5.74) is 2.86. The van der Waals surface area contributed by atoms with Gasteiger partial charge >= 0.3 is 0 Å². The molecule has 3 aromatic rings. The molecule has 26 heavy (non-hydrogen) atoms. The van der Waals surface area contributed by atoms with E-state index in [4.69, 9.17) is 0 Å². The number of hydrogen-bond acceptors (Lipinski definition) is 6. The average molecular weight is 349 g/mol. The zero-order valence-corrected chi connectivity index (χ0v) is 14.4. The summed E-state index contributed by atoms with van der Waals surface area (Å²) in [5.74, 6) is 0.693. The van der Waals surface area contributed by atoms with Gasteiger partial charge in [-0.2, -0.15) is 15.5 Å². The molecule has 0 saturated heterocycles. The second-order valence-electron chi connectivity index (χ2n) is 6.33. The number of hydrogen-bond donors (Lipinski definition) is 1. The third-order valence-corrected chi connectivity index (χ3v) is 4.66. The molecule has 0 spiro atoms. The van der Waals surface area contributed by atoms with Crippen molar-refractivity contribution in [1.82, 2.24) is 24.5 Å². The van der Waals surface area contributed by atoms with Crippen LogP contribution in [-0.4, -0.2) is 36.2 Å². The minimum Gasteiger partial charge on any atom is -0.380 e. The maximum absolute atomic E-state index is 10.6. The van der Waals surface area contributed by atoms with Crippen molar-refractivity contribution in [3.8, 4) is 6.07 Å². The molecular formula is C18H19N7O. The Hall–Kier alpha value is -3.18. The quantitative estimate of drug-likeness (QED) is 0.767. The predicted molar refractivity (Wildman–Crippen MR) is 94.1 cm³/mol. The van der Waals surface area contributed by atoms with Gasteiger partial charge in [-0.25, -0.2) is 4.98 Å². The third-order valence-electron chi connectivity index (χ3n) is 4.66. The van der Waals surface area contributed by atoms with Gasteiger partial charge in [0.2, 0.25) is 0 Å². The number of nitrogens with zero attached hydrogens (tertiary/aromatic N) is 7. The average Bonchev–Trinajstić information content (AvgIpc) is 3.21. The van der Waals surface area contributed by atoms with E-state index in [0.29, 0.717) is 29.3 Å². The number of nitriles is 1. The molecule has 0 aromatic carbocycles. The van der Waals surface area contributed by atoms with Crippen LogP contribution >= 0.6 is 0 Å². The first-order chi connectivity index (χ1) is 12.7. The van der Waals surface area contributed by atoms with Crippen LogP contribution in [0.2, 0.25) is 0 Å². The number of aliphatic hydroxyl groups excluding tert-OH is 1. The fraction of sp³-hybridized carbons (Fsp3) is 0.333. The second-order valence-corrected chi connectivity index (χ2v) is 6.33. The Morgan fingerprint density at radius 3 is 2.92 bits per heavy atom. The minimum absolute atomic E-state index is 0.565. The molecule has 0 saturated carbocycles. The van der Waals surface area contributed by atoms with Crippen molar-refractivity contribution in [2.24, 2.45) is 7.05 Å². The summed E-state index contributed by atoms with van der Waals surface area (Å²) in [6.45, 7) is 2.16. The van der Waals surface area contributed by atoms with E-state index in [-0.39, 0.29) is 0 Å². The second kappa shape index (κ2) is 6.61. The Kier molecular flexibility index (Phi) is 4.14. The van der Waals surface area contributed by atoms with Crippen LogP contribution < -0.4 is 4.90 Å². The molecule has 4 rings (SSSR count). The topological polar surface area (TPSA) is 95.8 Å². The van der Waals surface area contributed by atoms with Crippen LogP contribution in [-0.2, 0) is 20.1 Å². The van der Waals surface area contributed by atoms with Crippen LogP contribution in [0.5, 0.6) is 0 Å². The van der Waals surface area contributed by atoms with Crippen molar-refractivity contribution >= 4 is 5.82 Å². The SMILES string of the molecule is Cn1nccc1[C@H](O)c1cc2n(n1)CCCN(c1ncccc1C#N)C2. The van der Waals surface area contributed by atoms with E-state index in [2.05, 4.69) is 26.2 Å². The van der Waals surface area contributed by atoms with Crippen molar-refractivity contribution < 1.29 is 5.11 Å². The smallest absolute Gasteiger partial charge is 0.146 e. The lowest BCUT2D eigenvalue weighted by molar-refractivity contribution is 0.203. The lowest BCUT2D eigenvalue weighted by atomic mass is 10.1. The van der Waals surface area contributed by atoms with Gasteiger partial charge < -0.3 is 10.0 Å². The standard InChI is InChI=1S/C18H19N7O/c1-23-16(5-7-21-23)17(26)15-10-14-12-24(8-3-9-25(14)22-15)18-13(11-19)4-2-6-20-18/h2,4-7,10,17,26H,3,8-9,12H2,1H3/t17-/m1/s1. The van der Waals surface area contributed by atoms with E-state index in [1.54, 1.807) is 42.3 Å². The van der Waals surface area contributed by atoms with Crippen LogP contribution in [0.4, 0.5) is 5.82 Å². The molecule has 0 radical (unpaired) electrons. The van der Waals surface area contributed by atoms with Crippen LogP contribution in [0.25, 0.3) is 0 Å². The molecule has 1 aliphatic rings. The molecule has 0 unspecified atom stereocenters. The normalized spacial score (nSPS) is 15.2. The molecule has 8 heteroatoms. The highest BCUT2D eigenvalue weighted by atomic mass is 16.3. The van der Waals surface area contributed by atoms with E-state index in [0.717, 1.165) is 25.2 Å². The Morgan fingerprint density at radius 1 is 1.27 bits per heavy atom. The van der Waals surface area contributed by atoms with Crippen molar-refractivity contribution in [2.45, 2.75) is 25.6 Å². The molecule has 1 atom stereocenters. The number of aryl methyl sites for hydroxylation is 2. The number of aromatic nitrogens is 5. The Balaban J connectivity index is 1.64. The molecule has 1 aliphatic heterocycles. The third kappa shape index (κ3) is 2.82. The van der Waals surface area contributed by atoms with Crippen molar-refractivity contribution in [3.05, 3.63) is 59.3 Å². The zero-order chi connectivity index (χ0) is 18.1. The molecular weight excluding hydrogens is 330 g/mol. The van der Waals surface area contributed by atoms with E-state index in [9.17, 15) is 10.4 Å². The van der Waals surface area contributed by atoms with Gasteiger partial charge in [0.25, 0.3) is 0 Å². The van der Waals surface area contributed by atoms with Gasteiger partial charge in [-0.3, -0.25) is 9.36 Å². The highest BCUT2D eigenvalue weighted by Gasteiger charge is 2.23. The molecule has 1 N–H and O–H groups in total. The highest BCUT2D eigenvalue weighted by Crippen LogP contribution is 2.25. The molecule has 0 bridgehead atoms.